The zero-order valence-corrected chi connectivity index (χ0v) is 104. The van der Waals surface area contributed by atoms with Crippen LogP contribution in [0.2, 0.25) is 0 Å². The molecule has 0 aliphatic carbocycles. The van der Waals surface area contributed by atoms with Crippen LogP contribution in [0.1, 0.15) is 505 Å². The van der Waals surface area contributed by atoms with Gasteiger partial charge in [0.25, 0.3) is 0 Å². The molecule has 0 aromatic carbocycles. The summed E-state index contributed by atoms with van der Waals surface area (Å²) in [6.07, 6.45) is 23.8. The molecule has 0 aliphatic heterocycles. The summed E-state index contributed by atoms with van der Waals surface area (Å²) in [5.41, 5.74) is 0. The number of rotatable bonds is 28. The number of methoxy groups -OCH3 is 12. The Kier molecular flexibility index (Phi) is 621. The first-order chi connectivity index (χ1) is 64.7. The van der Waals surface area contributed by atoms with Crippen molar-refractivity contribution in [2.45, 2.75) is 505 Å². The number of hydrogen-bond donors (Lipinski definition) is 0. The number of esters is 8. The highest BCUT2D eigenvalue weighted by atomic mass is 16.6. The van der Waals surface area contributed by atoms with Crippen molar-refractivity contribution in [3.05, 3.63) is 0 Å². The second-order valence-electron chi connectivity index (χ2n) is 24.9. The van der Waals surface area contributed by atoms with Crippen molar-refractivity contribution in [3.63, 3.8) is 0 Å². The van der Waals surface area contributed by atoms with Crippen LogP contribution in [0, 0.1) is 0 Å². The second-order valence-corrected chi connectivity index (χ2v) is 24.9. The largest absolute Gasteiger partial charge is 0.469 e. The molecule has 0 aromatic heterocycles. The van der Waals surface area contributed by atoms with Crippen LogP contribution in [0.3, 0.4) is 0 Å². The molecule has 0 atom stereocenters. The summed E-state index contributed by atoms with van der Waals surface area (Å²) in [6, 6.07) is 0. The fraction of sp³-hybridized carbons (Fsp3) is 0.895. The van der Waals surface area contributed by atoms with Crippen LogP contribution in [0.5, 0.6) is 0 Å². The van der Waals surface area contributed by atoms with E-state index in [-0.39, 0.29) is 115 Å². The monoisotopic (exact) mass is 2130 g/mol. The Morgan fingerprint density at radius 1 is 0.125 bits per heavy atom. The maximum absolute atomic E-state index is 9.82. The summed E-state index contributed by atoms with van der Waals surface area (Å²) in [5.74, 6) is -0.736. The van der Waals surface area contributed by atoms with E-state index in [0.29, 0.717) is 65.3 Å². The topological polar surface area (TPSA) is 371 Å². The first-order valence-corrected chi connectivity index (χ1v) is 50.5. The average molecular weight is 2130 g/mol. The molecule has 0 rings (SSSR count). The van der Waals surface area contributed by atoms with Crippen LogP contribution in [0.25, 0.3) is 0 Å². The average Bonchev–Trinajstić information content (AvgIpc) is 1.19. The van der Waals surface area contributed by atoms with E-state index in [1.807, 2.05) is 96.9 Å². The van der Waals surface area contributed by atoms with Crippen LogP contribution >= 0.6 is 0 Å². The number of hydrogen-bond acceptors (Lipinski definition) is 30. The van der Waals surface area contributed by atoms with Crippen LogP contribution in [0.15, 0.2) is 0 Å². The van der Waals surface area contributed by atoms with Gasteiger partial charge in [-0.05, 0) is 138 Å². The van der Waals surface area contributed by atoms with Gasteiger partial charge in [-0.3, -0.25) is 38.4 Å². The Morgan fingerprint density at radius 3 is 0.174 bits per heavy atom. The molecular formula is C114H276O30. The highest BCUT2D eigenvalue weighted by molar-refractivity contribution is 5.76. The van der Waals surface area contributed by atoms with Gasteiger partial charge in [-0.1, -0.05) is 286 Å². The third kappa shape index (κ3) is 1400. The summed E-state index contributed by atoms with van der Waals surface area (Å²) < 4.78 is 80.1. The highest BCUT2D eigenvalue weighted by Gasteiger charge is 1.86. The van der Waals surface area contributed by atoms with Gasteiger partial charge >= 0.3 is 47.8 Å². The lowest BCUT2D eigenvalue weighted by atomic mass is 10.4. The molecule has 30 heteroatoms. The fourth-order valence-corrected chi connectivity index (χ4v) is 1.22. The summed E-state index contributed by atoms with van der Waals surface area (Å²) in [6.45, 7) is 101. The molecule has 0 saturated carbocycles. The van der Waals surface area contributed by atoms with E-state index in [2.05, 4.69) is 196 Å². The number of unbranched alkanes of at least 4 members (excludes halogenated alkanes) is 8. The molecule has 0 N–H and O–H groups in total. The first-order valence-electron chi connectivity index (χ1n) is 50.5. The van der Waals surface area contributed by atoms with Crippen molar-refractivity contribution >= 4 is 70.9 Å². The van der Waals surface area contributed by atoms with Crippen LogP contribution in [0.4, 0.5) is 0 Å². The van der Waals surface area contributed by atoms with Gasteiger partial charge in [0, 0.05) is 218 Å². The summed E-state index contributed by atoms with van der Waals surface area (Å²) in [4.78, 5) is 117. The molecule has 0 heterocycles. The summed E-state index contributed by atoms with van der Waals surface area (Å²) >= 11 is 0. The van der Waals surface area contributed by atoms with Crippen LogP contribution in [-0.4, -0.2) is 262 Å². The highest BCUT2D eigenvalue weighted by Crippen LogP contribution is 1.83. The van der Waals surface area contributed by atoms with Crippen LogP contribution in [-0.2, 0) is 143 Å². The van der Waals surface area contributed by atoms with Crippen molar-refractivity contribution in [1.82, 2.24) is 0 Å². The third-order valence-corrected chi connectivity index (χ3v) is 11.5. The zero-order valence-electron chi connectivity index (χ0n) is 104. The quantitative estimate of drug-likeness (QED) is 0.0518. The van der Waals surface area contributed by atoms with E-state index in [1.54, 1.807) is 140 Å². The summed E-state index contributed by atoms with van der Waals surface area (Å²) in [7, 11) is 19.5. The number of ketones is 4. The molecule has 30 nitrogen and oxygen atoms in total. The van der Waals surface area contributed by atoms with Crippen molar-refractivity contribution < 1.29 is 143 Å². The Hall–Kier alpha value is -5.96. The van der Waals surface area contributed by atoms with Gasteiger partial charge in [-0.25, -0.2) is 0 Å². The standard InChI is InChI=1S/6C4H8O2.4C4H8O.8C4H10.2C3H6O2.10C3H8O.6CH4/c6*1-3-6-4(2)5;4*1-3-4(2)5;8*1-3-4-2;2*1-3(4)5-2;10*1-3-4-2;;;;;;/h6*3H2,1-2H3;4*3H2,1-2H3;8*3-4H2,1-2H3;2*1-2H3;10*3H2,1-2H3;6*1H4. The molecule has 0 spiro atoms. The number of Topliss-reactive ketones (excluding diaryl/α,β-unsaturated/α-hetero) is 4. The van der Waals surface area contributed by atoms with Gasteiger partial charge in [0.1, 0.15) is 23.1 Å². The minimum absolute atomic E-state index is 0. The van der Waals surface area contributed by atoms with Gasteiger partial charge in [-0.15, -0.1) is 0 Å². The molecule has 144 heavy (non-hydrogen) atoms. The SMILES string of the molecule is C.C.C.C.C.C.CCC(C)=O.CCC(C)=O.CCC(C)=O.CCC(C)=O.CCCC.CCCC.CCCC.CCCC.CCCC.CCCC.CCCC.CCCC.CCOC.CCOC.CCOC.CCOC.CCOC.CCOC.CCOC.CCOC.CCOC.CCOC.CCOC(C)=O.CCOC(C)=O.CCOC(C)=O.CCOC(C)=O.CCOC(C)=O.CCOC(C)=O.COC(C)=O.COC(C)=O. The lowest BCUT2D eigenvalue weighted by Gasteiger charge is -1.89. The van der Waals surface area contributed by atoms with Gasteiger partial charge in [0.05, 0.1) is 53.9 Å². The first kappa shape index (κ1) is 249. The second kappa shape index (κ2) is 359. The molecule has 0 fully saturated rings. The predicted molar refractivity (Wildman–Crippen MR) is 634 cm³/mol. The zero-order chi connectivity index (χ0) is 117. The lowest BCUT2D eigenvalue weighted by Crippen LogP contribution is -1.95. The van der Waals surface area contributed by atoms with Gasteiger partial charge < -0.3 is 104 Å². The molecule has 912 valence electrons. The normalized spacial score (nSPS) is 7.19. The lowest BCUT2D eigenvalue weighted by molar-refractivity contribution is -0.141. The van der Waals surface area contributed by atoms with Gasteiger partial charge in [-0.2, -0.15) is 0 Å². The molecule has 0 unspecified atom stereocenters. The van der Waals surface area contributed by atoms with Crippen molar-refractivity contribution in [2.75, 3.05) is 191 Å². The van der Waals surface area contributed by atoms with Gasteiger partial charge in [0.15, 0.2) is 0 Å². The number of carbonyl (C=O) groups is 12. The van der Waals surface area contributed by atoms with E-state index >= 15 is 0 Å². The molecule has 0 radical (unpaired) electrons. The van der Waals surface area contributed by atoms with Crippen molar-refractivity contribution in [2.24, 2.45) is 0 Å². The minimum atomic E-state index is -0.245. The number of carbonyl (C=O) groups excluding carboxylic acids is 12. The minimum Gasteiger partial charge on any atom is -0.469 e. The van der Waals surface area contributed by atoms with E-state index < -0.39 is 0 Å². The molecule has 0 aliphatic rings. The fourth-order valence-electron chi connectivity index (χ4n) is 1.22. The Morgan fingerprint density at radius 2 is 0.174 bits per heavy atom. The number of ether oxygens (including phenoxy) is 18. The Labute approximate surface area is 905 Å². The molecule has 0 bridgehead atoms. The maximum Gasteiger partial charge on any atom is 0.302 e. The Balaban J connectivity index is -0.0000000246. The van der Waals surface area contributed by atoms with Gasteiger partial charge in [0.2, 0.25) is 0 Å². The third-order valence-electron chi connectivity index (χ3n) is 11.5. The van der Waals surface area contributed by atoms with E-state index in [4.69, 9.17) is 0 Å². The molecule has 0 amide bonds. The van der Waals surface area contributed by atoms with E-state index in [9.17, 15) is 57.5 Å². The van der Waals surface area contributed by atoms with Crippen LogP contribution < -0.4 is 0 Å². The predicted octanol–water partition coefficient (Wildman–Crippen LogP) is 32.5. The Bertz CT molecular complexity index is 1400. The smallest absolute Gasteiger partial charge is 0.302 e. The summed E-state index contributed by atoms with van der Waals surface area (Å²) in [5, 5.41) is 0. The molecular weight excluding hydrogens is 1850 g/mol. The van der Waals surface area contributed by atoms with E-state index in [0.717, 1.165) is 66.1 Å². The maximum atomic E-state index is 9.82. The van der Waals surface area contributed by atoms with Crippen molar-refractivity contribution in [1.29, 1.82) is 0 Å². The van der Waals surface area contributed by atoms with E-state index in [1.165, 1.54) is 172 Å². The van der Waals surface area contributed by atoms with Crippen molar-refractivity contribution in [3.8, 4) is 0 Å². The molecule has 0 saturated heterocycles. The molecule has 0 aromatic rings.